The Morgan fingerprint density at radius 2 is 2.38 bits per heavy atom. The third-order valence-electron chi connectivity index (χ3n) is 2.02. The smallest absolute Gasteiger partial charge is 0.252 e. The van der Waals surface area contributed by atoms with E-state index in [1.165, 1.54) is 0 Å². The fourth-order valence-corrected chi connectivity index (χ4v) is 1.53. The Hall–Kier alpha value is -1.54. The van der Waals surface area contributed by atoms with Crippen molar-refractivity contribution in [2.75, 3.05) is 12.3 Å². The highest BCUT2D eigenvalue weighted by atomic mass is 79.9. The molecule has 4 nitrogen and oxygen atoms in total. The second-order valence-corrected chi connectivity index (χ2v) is 4.33. The molecule has 16 heavy (non-hydrogen) atoms. The fraction of sp³-hybridized carbons (Fsp3) is 0.273. The molecule has 0 radical (unpaired) electrons. The molecule has 0 aliphatic rings. The highest BCUT2D eigenvalue weighted by Gasteiger charge is 2.11. The van der Waals surface area contributed by atoms with Gasteiger partial charge >= 0.3 is 0 Å². The summed E-state index contributed by atoms with van der Waals surface area (Å²) in [5.74, 6) is -0.440. The number of anilines is 1. The molecule has 0 spiro atoms. The molecule has 1 aromatic carbocycles. The van der Waals surface area contributed by atoms with Crippen LogP contribution in [-0.2, 0) is 0 Å². The minimum absolute atomic E-state index is 0.205. The van der Waals surface area contributed by atoms with Crippen LogP contribution < -0.4 is 11.1 Å². The van der Waals surface area contributed by atoms with Crippen LogP contribution in [0, 0.1) is 17.2 Å². The molecule has 0 heterocycles. The molecule has 1 rings (SSSR count). The van der Waals surface area contributed by atoms with E-state index in [0.717, 1.165) is 0 Å². The molecule has 0 aliphatic heterocycles. The summed E-state index contributed by atoms with van der Waals surface area (Å²) in [7, 11) is 0. The average Bonchev–Trinajstić information content (AvgIpc) is 2.28. The van der Waals surface area contributed by atoms with Gasteiger partial charge in [-0.15, -0.1) is 0 Å². The van der Waals surface area contributed by atoms with Gasteiger partial charge in [0, 0.05) is 16.7 Å². The molecular weight excluding hydrogens is 270 g/mol. The van der Waals surface area contributed by atoms with E-state index in [2.05, 4.69) is 21.2 Å². The van der Waals surface area contributed by atoms with Crippen LogP contribution in [0.5, 0.6) is 0 Å². The molecule has 0 aliphatic carbocycles. The largest absolute Gasteiger partial charge is 0.399 e. The van der Waals surface area contributed by atoms with Gasteiger partial charge in [0.15, 0.2) is 0 Å². The number of nitrogen functional groups attached to an aromatic ring is 1. The van der Waals surface area contributed by atoms with E-state index in [4.69, 9.17) is 11.0 Å². The lowest BCUT2D eigenvalue weighted by Gasteiger charge is -2.08. The van der Waals surface area contributed by atoms with Crippen molar-refractivity contribution in [2.24, 2.45) is 5.92 Å². The first kappa shape index (κ1) is 12.5. The van der Waals surface area contributed by atoms with Gasteiger partial charge in [-0.2, -0.15) is 5.26 Å². The van der Waals surface area contributed by atoms with Gasteiger partial charge in [-0.1, -0.05) is 0 Å². The zero-order chi connectivity index (χ0) is 12.1. The van der Waals surface area contributed by atoms with Gasteiger partial charge in [-0.05, 0) is 41.1 Å². The molecule has 1 aromatic rings. The standard InChI is InChI=1S/C11H12BrN3O/c1-7(5-13)6-15-11(16)9-4-8(14)2-3-10(9)12/h2-4,7H,6,14H2,1H3,(H,15,16). The minimum atomic E-state index is -0.235. The molecule has 0 fully saturated rings. The molecule has 84 valence electrons. The number of carbonyl (C=O) groups is 1. The van der Waals surface area contributed by atoms with Crippen LogP contribution in [-0.4, -0.2) is 12.5 Å². The lowest BCUT2D eigenvalue weighted by atomic mass is 10.1. The third kappa shape index (κ3) is 3.24. The SMILES string of the molecule is CC(C#N)CNC(=O)c1cc(N)ccc1Br. The Bertz CT molecular complexity index is 439. The number of rotatable bonds is 3. The second-order valence-electron chi connectivity index (χ2n) is 3.48. The van der Waals surface area contributed by atoms with Crippen molar-refractivity contribution in [3.8, 4) is 6.07 Å². The Balaban J connectivity index is 2.74. The number of nitriles is 1. The van der Waals surface area contributed by atoms with E-state index in [9.17, 15) is 4.79 Å². The van der Waals surface area contributed by atoms with Crippen LogP contribution in [0.2, 0.25) is 0 Å². The summed E-state index contributed by atoms with van der Waals surface area (Å²) in [6.45, 7) is 2.07. The average molecular weight is 282 g/mol. The Morgan fingerprint density at radius 1 is 1.69 bits per heavy atom. The van der Waals surface area contributed by atoms with Gasteiger partial charge in [0.2, 0.25) is 0 Å². The van der Waals surface area contributed by atoms with Gasteiger partial charge in [0.1, 0.15) is 0 Å². The van der Waals surface area contributed by atoms with Crippen LogP contribution in [0.15, 0.2) is 22.7 Å². The first-order chi connectivity index (χ1) is 7.54. The van der Waals surface area contributed by atoms with Crippen molar-refractivity contribution >= 4 is 27.5 Å². The summed E-state index contributed by atoms with van der Waals surface area (Å²) in [6.07, 6.45) is 0. The number of nitrogens with two attached hydrogens (primary N) is 1. The van der Waals surface area contributed by atoms with Crippen LogP contribution in [0.3, 0.4) is 0 Å². The molecule has 1 unspecified atom stereocenters. The maximum atomic E-state index is 11.7. The van der Waals surface area contributed by atoms with Crippen molar-refractivity contribution in [3.05, 3.63) is 28.2 Å². The van der Waals surface area contributed by atoms with E-state index in [1.54, 1.807) is 25.1 Å². The van der Waals surface area contributed by atoms with Gasteiger partial charge in [0.25, 0.3) is 5.91 Å². The number of halogens is 1. The molecule has 1 atom stereocenters. The zero-order valence-corrected chi connectivity index (χ0v) is 10.4. The first-order valence-corrected chi connectivity index (χ1v) is 5.56. The zero-order valence-electron chi connectivity index (χ0n) is 8.83. The van der Waals surface area contributed by atoms with Crippen molar-refractivity contribution in [2.45, 2.75) is 6.92 Å². The number of carbonyl (C=O) groups excluding carboxylic acids is 1. The number of amides is 1. The lowest BCUT2D eigenvalue weighted by Crippen LogP contribution is -2.28. The first-order valence-electron chi connectivity index (χ1n) is 4.77. The number of nitrogens with one attached hydrogen (secondary N) is 1. The maximum absolute atomic E-state index is 11.7. The molecule has 0 aromatic heterocycles. The Labute approximate surface area is 103 Å². The summed E-state index contributed by atoms with van der Waals surface area (Å²) >= 11 is 3.27. The predicted molar refractivity (Wildman–Crippen MR) is 65.7 cm³/mol. The number of hydrogen-bond acceptors (Lipinski definition) is 3. The Kier molecular flexibility index (Phi) is 4.32. The number of benzene rings is 1. The van der Waals surface area contributed by atoms with E-state index in [0.29, 0.717) is 22.3 Å². The third-order valence-corrected chi connectivity index (χ3v) is 2.72. The number of hydrogen-bond donors (Lipinski definition) is 2. The van der Waals surface area contributed by atoms with Crippen LogP contribution in [0.1, 0.15) is 17.3 Å². The summed E-state index contributed by atoms with van der Waals surface area (Å²) in [6, 6.07) is 7.07. The molecule has 0 bridgehead atoms. The van der Waals surface area contributed by atoms with E-state index in [1.807, 2.05) is 6.07 Å². The lowest BCUT2D eigenvalue weighted by molar-refractivity contribution is 0.0950. The van der Waals surface area contributed by atoms with Crippen molar-refractivity contribution in [1.29, 1.82) is 5.26 Å². The highest BCUT2D eigenvalue weighted by Crippen LogP contribution is 2.19. The van der Waals surface area contributed by atoms with E-state index >= 15 is 0 Å². The van der Waals surface area contributed by atoms with Crippen molar-refractivity contribution < 1.29 is 4.79 Å². The van der Waals surface area contributed by atoms with Gasteiger partial charge < -0.3 is 11.1 Å². The topological polar surface area (TPSA) is 78.9 Å². The fourth-order valence-electron chi connectivity index (χ4n) is 1.10. The number of nitrogens with zero attached hydrogens (tertiary/aromatic N) is 1. The molecular formula is C11H12BrN3O. The van der Waals surface area contributed by atoms with Gasteiger partial charge in [-0.25, -0.2) is 0 Å². The van der Waals surface area contributed by atoms with Crippen LogP contribution in [0.25, 0.3) is 0 Å². The second kappa shape index (κ2) is 5.52. The summed E-state index contributed by atoms with van der Waals surface area (Å²) < 4.78 is 0.684. The van der Waals surface area contributed by atoms with E-state index < -0.39 is 0 Å². The molecule has 1 amide bonds. The minimum Gasteiger partial charge on any atom is -0.399 e. The normalized spacial score (nSPS) is 11.6. The van der Waals surface area contributed by atoms with Crippen LogP contribution in [0.4, 0.5) is 5.69 Å². The summed E-state index contributed by atoms with van der Waals surface area (Å²) in [5, 5.41) is 11.3. The maximum Gasteiger partial charge on any atom is 0.252 e. The van der Waals surface area contributed by atoms with Crippen LogP contribution >= 0.6 is 15.9 Å². The van der Waals surface area contributed by atoms with E-state index in [-0.39, 0.29) is 11.8 Å². The van der Waals surface area contributed by atoms with Crippen molar-refractivity contribution in [3.63, 3.8) is 0 Å². The molecule has 0 saturated heterocycles. The molecule has 5 heteroatoms. The monoisotopic (exact) mass is 281 g/mol. The van der Waals surface area contributed by atoms with Gasteiger partial charge in [-0.3, -0.25) is 4.79 Å². The highest BCUT2D eigenvalue weighted by molar-refractivity contribution is 9.10. The van der Waals surface area contributed by atoms with Gasteiger partial charge in [0.05, 0.1) is 17.6 Å². The van der Waals surface area contributed by atoms with Crippen molar-refractivity contribution in [1.82, 2.24) is 5.32 Å². The summed E-state index contributed by atoms with van der Waals surface area (Å²) in [5.41, 5.74) is 6.60. The molecule has 3 N–H and O–H groups in total. The predicted octanol–water partition coefficient (Wildman–Crippen LogP) is 1.92. The summed E-state index contributed by atoms with van der Waals surface area (Å²) in [4.78, 5) is 11.7. The Morgan fingerprint density at radius 3 is 3.00 bits per heavy atom. The molecule has 0 saturated carbocycles. The quantitative estimate of drug-likeness (QED) is 0.831.